The van der Waals surface area contributed by atoms with Gasteiger partial charge in [-0.1, -0.05) is 55.4 Å². The van der Waals surface area contributed by atoms with E-state index >= 15 is 0 Å². The Morgan fingerprint density at radius 3 is 1.41 bits per heavy atom. The Kier molecular flexibility index (Phi) is 12.9. The van der Waals surface area contributed by atoms with E-state index in [0.29, 0.717) is 5.75 Å². The van der Waals surface area contributed by atoms with Crippen LogP contribution in [0, 0.1) is 0 Å². The van der Waals surface area contributed by atoms with Crippen LogP contribution in [0.4, 0.5) is 0 Å². The number of benzene rings is 2. The van der Waals surface area contributed by atoms with Crippen LogP contribution in [0.3, 0.4) is 0 Å². The van der Waals surface area contributed by atoms with Crippen LogP contribution in [0.2, 0.25) is 0 Å². The predicted octanol–water partition coefficient (Wildman–Crippen LogP) is 6.92. The lowest BCUT2D eigenvalue weighted by molar-refractivity contribution is 0.135. The lowest BCUT2D eigenvalue weighted by atomic mass is 9.81. The van der Waals surface area contributed by atoms with Gasteiger partial charge in [-0.3, -0.25) is 0 Å². The van der Waals surface area contributed by atoms with Gasteiger partial charge in [0.25, 0.3) is 0 Å². The number of rotatable bonds is 5. The van der Waals surface area contributed by atoms with E-state index in [9.17, 15) is 5.11 Å². The van der Waals surface area contributed by atoms with Crippen LogP contribution >= 0.6 is 0 Å². The van der Waals surface area contributed by atoms with Crippen LogP contribution in [0.25, 0.3) is 0 Å². The zero-order chi connectivity index (χ0) is 24.9. The molecule has 32 heavy (non-hydrogen) atoms. The van der Waals surface area contributed by atoms with Crippen LogP contribution in [0.5, 0.6) is 23.0 Å². The molecule has 5 nitrogen and oxygen atoms in total. The van der Waals surface area contributed by atoms with Crippen molar-refractivity contribution >= 4 is 0 Å². The monoisotopic (exact) mass is 448 g/mol. The maximum absolute atomic E-state index is 10.2. The molecule has 0 saturated carbocycles. The van der Waals surface area contributed by atoms with Crippen molar-refractivity contribution in [2.24, 2.45) is 0 Å². The molecule has 0 aromatic heterocycles. The van der Waals surface area contributed by atoms with E-state index in [2.05, 4.69) is 55.4 Å². The number of hydrogen-bond acceptors (Lipinski definition) is 5. The summed E-state index contributed by atoms with van der Waals surface area (Å²) in [7, 11) is 1.67. The molecule has 2 aromatic carbocycles. The van der Waals surface area contributed by atoms with Crippen molar-refractivity contribution < 1.29 is 24.8 Å². The van der Waals surface area contributed by atoms with Gasteiger partial charge in [0.2, 0.25) is 0 Å². The van der Waals surface area contributed by atoms with E-state index in [4.69, 9.17) is 19.7 Å². The SMILES string of the molecule is CCCOCCC.COc1cc(C(C)(C)C)c(O)cc1C(C)(C)C.Oc1ccc(O)cc1. The Bertz CT molecular complexity index is 743. The first-order chi connectivity index (χ1) is 14.8. The first-order valence-electron chi connectivity index (χ1n) is 11.3. The Hall–Kier alpha value is -2.40. The van der Waals surface area contributed by atoms with Gasteiger partial charge in [-0.2, -0.15) is 0 Å². The van der Waals surface area contributed by atoms with Crippen LogP contribution in [-0.4, -0.2) is 35.6 Å². The van der Waals surface area contributed by atoms with Crippen LogP contribution in [0.15, 0.2) is 36.4 Å². The van der Waals surface area contributed by atoms with Gasteiger partial charge in [0.1, 0.15) is 23.0 Å². The molecule has 3 N–H and O–H groups in total. The van der Waals surface area contributed by atoms with E-state index in [-0.39, 0.29) is 22.3 Å². The van der Waals surface area contributed by atoms with Gasteiger partial charge in [-0.15, -0.1) is 0 Å². The highest BCUT2D eigenvalue weighted by molar-refractivity contribution is 5.50. The van der Waals surface area contributed by atoms with Crippen molar-refractivity contribution in [3.63, 3.8) is 0 Å². The molecule has 0 unspecified atom stereocenters. The molecule has 0 atom stereocenters. The van der Waals surface area contributed by atoms with E-state index in [1.807, 2.05) is 12.1 Å². The van der Waals surface area contributed by atoms with Gasteiger partial charge in [-0.25, -0.2) is 0 Å². The van der Waals surface area contributed by atoms with Crippen molar-refractivity contribution in [1.82, 2.24) is 0 Å². The molecular weight excluding hydrogens is 404 g/mol. The molecule has 2 rings (SSSR count). The van der Waals surface area contributed by atoms with Crippen molar-refractivity contribution in [2.75, 3.05) is 20.3 Å². The number of phenols is 3. The number of methoxy groups -OCH3 is 1. The molecule has 5 heteroatoms. The summed E-state index contributed by atoms with van der Waals surface area (Å²) in [4.78, 5) is 0. The Labute approximate surface area is 195 Å². The quantitative estimate of drug-likeness (QED) is 0.342. The molecule has 0 radical (unpaired) electrons. The maximum atomic E-state index is 10.2. The molecule has 182 valence electrons. The molecule has 0 spiro atoms. The minimum absolute atomic E-state index is 0.0424. The summed E-state index contributed by atoms with van der Waals surface area (Å²) in [5.41, 5.74) is 1.82. The Balaban J connectivity index is 0.000000529. The van der Waals surface area contributed by atoms with Crippen LogP contribution < -0.4 is 4.74 Å². The molecule has 0 saturated heterocycles. The number of aromatic hydroxyl groups is 3. The summed E-state index contributed by atoms with van der Waals surface area (Å²) in [6.07, 6.45) is 2.28. The Morgan fingerprint density at radius 1 is 0.688 bits per heavy atom. The van der Waals surface area contributed by atoms with Crippen molar-refractivity contribution in [2.45, 2.75) is 79.1 Å². The molecule has 0 amide bonds. The smallest absolute Gasteiger partial charge is 0.123 e. The molecule has 0 fully saturated rings. The van der Waals surface area contributed by atoms with Gasteiger partial charge in [0, 0.05) is 24.3 Å². The average molecular weight is 449 g/mol. The van der Waals surface area contributed by atoms with E-state index < -0.39 is 0 Å². The van der Waals surface area contributed by atoms with Crippen molar-refractivity contribution in [1.29, 1.82) is 0 Å². The number of ether oxygens (including phenoxy) is 2. The second kappa shape index (κ2) is 13.9. The normalized spacial score (nSPS) is 11.0. The van der Waals surface area contributed by atoms with Gasteiger partial charge in [0.05, 0.1) is 7.11 Å². The van der Waals surface area contributed by atoms with Gasteiger partial charge in [0.15, 0.2) is 0 Å². The maximum Gasteiger partial charge on any atom is 0.123 e. The second-order valence-corrected chi connectivity index (χ2v) is 9.70. The van der Waals surface area contributed by atoms with Gasteiger partial charge in [-0.05, 0) is 60.1 Å². The first kappa shape index (κ1) is 29.6. The lowest BCUT2D eigenvalue weighted by Gasteiger charge is -2.27. The van der Waals surface area contributed by atoms with Crippen LogP contribution in [-0.2, 0) is 15.6 Å². The zero-order valence-electron chi connectivity index (χ0n) is 21.5. The molecule has 0 aliphatic carbocycles. The number of hydrogen-bond donors (Lipinski definition) is 3. The van der Waals surface area contributed by atoms with Crippen molar-refractivity contribution in [3.05, 3.63) is 47.5 Å². The molecule has 0 bridgehead atoms. The van der Waals surface area contributed by atoms with E-state index in [1.54, 1.807) is 7.11 Å². The third-order valence-corrected chi connectivity index (χ3v) is 4.48. The fraction of sp³-hybridized carbons (Fsp3) is 0.556. The molecule has 0 aliphatic rings. The summed E-state index contributed by atoms with van der Waals surface area (Å²) in [6.45, 7) is 18.7. The van der Waals surface area contributed by atoms with E-state index in [0.717, 1.165) is 42.9 Å². The minimum Gasteiger partial charge on any atom is -0.508 e. The van der Waals surface area contributed by atoms with Gasteiger partial charge < -0.3 is 24.8 Å². The van der Waals surface area contributed by atoms with Gasteiger partial charge >= 0.3 is 0 Å². The summed E-state index contributed by atoms with van der Waals surface area (Å²) in [6, 6.07) is 9.49. The summed E-state index contributed by atoms with van der Waals surface area (Å²) < 4.78 is 10.6. The molecule has 0 heterocycles. The topological polar surface area (TPSA) is 79.2 Å². The molecule has 0 aliphatic heterocycles. The Morgan fingerprint density at radius 2 is 1.09 bits per heavy atom. The van der Waals surface area contributed by atoms with Crippen LogP contribution in [0.1, 0.15) is 79.4 Å². The zero-order valence-corrected chi connectivity index (χ0v) is 21.5. The largest absolute Gasteiger partial charge is 0.508 e. The third kappa shape index (κ3) is 11.3. The average Bonchev–Trinajstić information content (AvgIpc) is 2.70. The second-order valence-electron chi connectivity index (χ2n) is 9.70. The summed E-state index contributed by atoms with van der Waals surface area (Å²) in [5, 5.41) is 27.4. The highest BCUT2D eigenvalue weighted by atomic mass is 16.5. The molecular formula is C27H44O5. The van der Waals surface area contributed by atoms with E-state index in [1.165, 1.54) is 24.3 Å². The highest BCUT2D eigenvalue weighted by Crippen LogP contribution is 2.40. The fourth-order valence-electron chi connectivity index (χ4n) is 2.77. The summed E-state index contributed by atoms with van der Waals surface area (Å²) >= 11 is 0. The first-order valence-corrected chi connectivity index (χ1v) is 11.3. The highest BCUT2D eigenvalue weighted by Gasteiger charge is 2.25. The predicted molar refractivity (Wildman–Crippen MR) is 133 cm³/mol. The minimum atomic E-state index is -0.0895. The number of phenolic OH excluding ortho intramolecular Hbond substituents is 3. The van der Waals surface area contributed by atoms with Crippen molar-refractivity contribution in [3.8, 4) is 23.0 Å². The third-order valence-electron chi connectivity index (χ3n) is 4.48. The fourth-order valence-corrected chi connectivity index (χ4v) is 2.77. The lowest BCUT2D eigenvalue weighted by Crippen LogP contribution is -2.16. The standard InChI is InChI=1S/C15H24O2.C6H6O2.C6H14O/c1-14(2,3)10-9-13(17-7)11(8-12(10)16)15(4,5)6;7-5-1-2-6(8)4-3-5;1-3-5-7-6-4-2/h8-9,16H,1-7H3;1-4,7-8H;3-6H2,1-2H3. The molecule has 2 aromatic rings. The summed E-state index contributed by atoms with van der Waals surface area (Å²) in [5.74, 6) is 1.54.